The van der Waals surface area contributed by atoms with Crippen LogP contribution in [0, 0.1) is 0 Å². The number of hydrogen-bond donors (Lipinski definition) is 2. The van der Waals surface area contributed by atoms with Crippen LogP contribution in [-0.4, -0.2) is 58.8 Å². The number of rotatable bonds is 8. The Morgan fingerprint density at radius 3 is 2.73 bits per heavy atom. The summed E-state index contributed by atoms with van der Waals surface area (Å²) in [4.78, 5) is 18.1. The number of piperidine rings is 1. The maximum absolute atomic E-state index is 11.6. The van der Waals surface area contributed by atoms with Gasteiger partial charge in [0.2, 0.25) is 0 Å². The van der Waals surface area contributed by atoms with E-state index >= 15 is 0 Å². The van der Waals surface area contributed by atoms with Crippen LogP contribution in [0.3, 0.4) is 0 Å². The SMILES string of the molecule is CN1CCC(SC(=S)NCCCCNC(=O)OCc2ccccn2)CC1. The lowest BCUT2D eigenvalue weighted by atomic mass is 10.1. The number of alkyl carbamates (subject to hydrolysis) is 1. The lowest BCUT2D eigenvalue weighted by Crippen LogP contribution is -2.33. The summed E-state index contributed by atoms with van der Waals surface area (Å²) in [6.07, 6.45) is 5.51. The van der Waals surface area contributed by atoms with Crippen molar-refractivity contribution in [2.45, 2.75) is 37.5 Å². The molecule has 1 aliphatic rings. The third-order valence-electron chi connectivity index (χ3n) is 4.16. The molecule has 8 heteroatoms. The van der Waals surface area contributed by atoms with Crippen molar-refractivity contribution < 1.29 is 9.53 Å². The molecular formula is C18H28N4O2S2. The minimum absolute atomic E-state index is 0.191. The third kappa shape index (κ3) is 8.82. The molecule has 6 nitrogen and oxygen atoms in total. The molecule has 0 unspecified atom stereocenters. The topological polar surface area (TPSA) is 66.5 Å². The summed E-state index contributed by atoms with van der Waals surface area (Å²) in [6, 6.07) is 5.52. The van der Waals surface area contributed by atoms with Gasteiger partial charge in [-0.2, -0.15) is 0 Å². The molecule has 1 fully saturated rings. The van der Waals surface area contributed by atoms with Gasteiger partial charge < -0.3 is 20.3 Å². The van der Waals surface area contributed by atoms with E-state index in [2.05, 4.69) is 27.6 Å². The van der Waals surface area contributed by atoms with E-state index in [4.69, 9.17) is 17.0 Å². The van der Waals surface area contributed by atoms with Gasteiger partial charge in [-0.15, -0.1) is 0 Å². The fourth-order valence-corrected chi connectivity index (χ4v) is 4.05. The summed E-state index contributed by atoms with van der Waals surface area (Å²) in [6.45, 7) is 3.93. The van der Waals surface area contributed by atoms with Crippen LogP contribution >= 0.6 is 24.0 Å². The standard InChI is InChI=1S/C18H28N4O2S2/c1-22-12-7-16(8-13-22)26-18(25)21-11-5-4-10-20-17(23)24-14-15-6-2-3-9-19-15/h2-3,6,9,16H,4-5,7-8,10-14H2,1H3,(H,20,23)(H,21,25). The Bertz CT molecular complexity index is 551. The summed E-state index contributed by atoms with van der Waals surface area (Å²) in [5.41, 5.74) is 0.738. The average Bonchev–Trinajstić information content (AvgIpc) is 2.65. The molecule has 1 amide bonds. The third-order valence-corrected chi connectivity index (χ3v) is 5.75. The lowest BCUT2D eigenvalue weighted by molar-refractivity contribution is 0.138. The minimum atomic E-state index is -0.406. The lowest BCUT2D eigenvalue weighted by Gasteiger charge is -2.28. The van der Waals surface area contributed by atoms with Crippen molar-refractivity contribution in [2.24, 2.45) is 0 Å². The van der Waals surface area contributed by atoms with E-state index in [0.29, 0.717) is 11.8 Å². The normalized spacial score (nSPS) is 15.4. The fourth-order valence-electron chi connectivity index (χ4n) is 2.60. The molecule has 26 heavy (non-hydrogen) atoms. The van der Waals surface area contributed by atoms with Crippen molar-refractivity contribution in [3.63, 3.8) is 0 Å². The zero-order valence-corrected chi connectivity index (χ0v) is 16.9. The van der Waals surface area contributed by atoms with Crippen LogP contribution < -0.4 is 10.6 Å². The second-order valence-corrected chi connectivity index (χ2v) is 8.34. The molecule has 0 atom stereocenters. The fraction of sp³-hybridized carbons (Fsp3) is 0.611. The van der Waals surface area contributed by atoms with Gasteiger partial charge in [0, 0.05) is 24.5 Å². The largest absolute Gasteiger partial charge is 0.443 e. The van der Waals surface area contributed by atoms with E-state index in [1.165, 1.54) is 12.8 Å². The molecule has 2 rings (SSSR count). The second kappa shape index (κ2) is 12.1. The smallest absolute Gasteiger partial charge is 0.407 e. The van der Waals surface area contributed by atoms with Crippen LogP contribution in [0.25, 0.3) is 0 Å². The number of carbonyl (C=O) groups is 1. The van der Waals surface area contributed by atoms with E-state index in [9.17, 15) is 4.79 Å². The van der Waals surface area contributed by atoms with Crippen molar-refractivity contribution in [1.29, 1.82) is 0 Å². The molecule has 2 N–H and O–H groups in total. The monoisotopic (exact) mass is 396 g/mol. The molecule has 2 heterocycles. The maximum Gasteiger partial charge on any atom is 0.407 e. The van der Waals surface area contributed by atoms with Gasteiger partial charge in [-0.3, -0.25) is 4.98 Å². The summed E-state index contributed by atoms with van der Waals surface area (Å²) in [7, 11) is 2.17. The number of pyridine rings is 1. The Kier molecular flexibility index (Phi) is 9.73. The number of nitrogens with zero attached hydrogens (tertiary/aromatic N) is 2. The van der Waals surface area contributed by atoms with Gasteiger partial charge in [0.1, 0.15) is 10.9 Å². The van der Waals surface area contributed by atoms with Gasteiger partial charge in [0.15, 0.2) is 0 Å². The van der Waals surface area contributed by atoms with E-state index in [1.54, 1.807) is 18.0 Å². The van der Waals surface area contributed by atoms with Gasteiger partial charge in [0.05, 0.1) is 5.69 Å². The quantitative estimate of drug-likeness (QED) is 0.517. The van der Waals surface area contributed by atoms with Crippen molar-refractivity contribution in [2.75, 3.05) is 33.2 Å². The zero-order chi connectivity index (χ0) is 18.6. The van der Waals surface area contributed by atoms with Crippen molar-refractivity contribution in [3.8, 4) is 0 Å². The van der Waals surface area contributed by atoms with Crippen LogP contribution in [0.4, 0.5) is 4.79 Å². The first-order valence-corrected chi connectivity index (χ1v) is 10.4. The molecule has 1 aromatic rings. The van der Waals surface area contributed by atoms with Crippen molar-refractivity contribution >= 4 is 34.4 Å². The number of thiocarbonyl (C=S) groups is 1. The summed E-state index contributed by atoms with van der Waals surface area (Å²) < 4.78 is 6.00. The van der Waals surface area contributed by atoms with Gasteiger partial charge in [-0.05, 0) is 58.0 Å². The van der Waals surface area contributed by atoms with Gasteiger partial charge >= 0.3 is 6.09 Å². The van der Waals surface area contributed by atoms with Gasteiger partial charge in [-0.1, -0.05) is 30.0 Å². The van der Waals surface area contributed by atoms with Gasteiger partial charge in [-0.25, -0.2) is 4.79 Å². The number of thioether (sulfide) groups is 1. The van der Waals surface area contributed by atoms with Crippen LogP contribution in [0.2, 0.25) is 0 Å². The molecule has 0 aliphatic carbocycles. The summed E-state index contributed by atoms with van der Waals surface area (Å²) >= 11 is 7.20. The van der Waals surface area contributed by atoms with E-state index in [0.717, 1.165) is 42.5 Å². The van der Waals surface area contributed by atoms with Crippen LogP contribution in [0.5, 0.6) is 0 Å². The van der Waals surface area contributed by atoms with Crippen molar-refractivity contribution in [1.82, 2.24) is 20.5 Å². The molecule has 0 bridgehead atoms. The van der Waals surface area contributed by atoms with E-state index in [1.807, 2.05) is 18.2 Å². The number of amides is 1. The van der Waals surface area contributed by atoms with Crippen LogP contribution in [0.15, 0.2) is 24.4 Å². The average molecular weight is 397 g/mol. The Morgan fingerprint density at radius 2 is 2.04 bits per heavy atom. The first kappa shape index (κ1) is 20.9. The highest BCUT2D eigenvalue weighted by Gasteiger charge is 2.18. The number of aromatic nitrogens is 1. The first-order valence-electron chi connectivity index (χ1n) is 9.07. The van der Waals surface area contributed by atoms with Crippen LogP contribution in [0.1, 0.15) is 31.4 Å². The molecule has 0 spiro atoms. The predicted molar refractivity (Wildman–Crippen MR) is 110 cm³/mol. The summed E-state index contributed by atoms with van der Waals surface area (Å²) in [5.74, 6) is 0. The molecular weight excluding hydrogens is 368 g/mol. The first-order chi connectivity index (χ1) is 12.6. The number of carbonyl (C=O) groups excluding carboxylic acids is 1. The Labute approximate surface area is 165 Å². The summed E-state index contributed by atoms with van der Waals surface area (Å²) in [5, 5.41) is 6.70. The Morgan fingerprint density at radius 1 is 1.31 bits per heavy atom. The number of ether oxygens (including phenoxy) is 1. The highest BCUT2D eigenvalue weighted by atomic mass is 32.2. The molecule has 1 saturated heterocycles. The molecule has 1 aromatic heterocycles. The number of nitrogens with one attached hydrogen (secondary N) is 2. The number of likely N-dealkylation sites (tertiary alicyclic amines) is 1. The second-order valence-electron chi connectivity index (χ2n) is 6.37. The van der Waals surface area contributed by atoms with E-state index < -0.39 is 6.09 Å². The van der Waals surface area contributed by atoms with Gasteiger partial charge in [0.25, 0.3) is 0 Å². The Balaban J connectivity index is 1.43. The molecule has 0 saturated carbocycles. The number of hydrogen-bond acceptors (Lipinski definition) is 6. The number of unbranched alkanes of at least 4 members (excludes halogenated alkanes) is 1. The van der Waals surface area contributed by atoms with E-state index in [-0.39, 0.29) is 6.61 Å². The highest BCUT2D eigenvalue weighted by molar-refractivity contribution is 8.23. The highest BCUT2D eigenvalue weighted by Crippen LogP contribution is 2.23. The Hall–Kier alpha value is -1.38. The predicted octanol–water partition coefficient (Wildman–Crippen LogP) is 2.79. The molecule has 0 aromatic carbocycles. The zero-order valence-electron chi connectivity index (χ0n) is 15.3. The van der Waals surface area contributed by atoms with Crippen LogP contribution in [-0.2, 0) is 11.3 Å². The van der Waals surface area contributed by atoms with Crippen molar-refractivity contribution in [3.05, 3.63) is 30.1 Å². The molecule has 1 aliphatic heterocycles. The minimum Gasteiger partial charge on any atom is -0.443 e. The maximum atomic E-state index is 11.6. The molecule has 0 radical (unpaired) electrons. The molecule has 144 valence electrons.